The summed E-state index contributed by atoms with van der Waals surface area (Å²) in [4.78, 5) is 0. The van der Waals surface area contributed by atoms with Crippen molar-refractivity contribution in [2.75, 3.05) is 18.5 Å². The van der Waals surface area contributed by atoms with E-state index in [2.05, 4.69) is 86.8 Å². The van der Waals surface area contributed by atoms with Gasteiger partial charge in [0.2, 0.25) is 0 Å². The Morgan fingerprint density at radius 1 is 0.781 bits per heavy atom. The minimum atomic E-state index is 0.0892. The molecule has 0 bridgehead atoms. The summed E-state index contributed by atoms with van der Waals surface area (Å²) in [5.41, 5.74) is 3.66. The summed E-state index contributed by atoms with van der Waals surface area (Å²) >= 11 is 0. The minimum Gasteiger partial charge on any atom is -0.491 e. The molecule has 0 heterocycles. The average Bonchev–Trinajstić information content (AvgIpc) is 2.85. The van der Waals surface area contributed by atoms with Gasteiger partial charge in [-0.25, -0.2) is 0 Å². The van der Waals surface area contributed by atoms with Crippen LogP contribution >= 0.6 is 0 Å². The molecule has 0 aliphatic heterocycles. The van der Waals surface area contributed by atoms with Crippen molar-refractivity contribution in [3.05, 3.63) is 90.0 Å². The fourth-order valence-corrected chi connectivity index (χ4v) is 3.73. The molecular weight excluding hydrogens is 394 g/mol. The largest absolute Gasteiger partial charge is 0.491 e. The molecule has 0 aliphatic carbocycles. The molecule has 2 atom stereocenters. The predicted octanol–water partition coefficient (Wildman–Crippen LogP) is 7.48. The van der Waals surface area contributed by atoms with Crippen LogP contribution in [0.5, 0.6) is 11.5 Å². The molecule has 32 heavy (non-hydrogen) atoms. The van der Waals surface area contributed by atoms with Crippen LogP contribution in [0.2, 0.25) is 0 Å². The van der Waals surface area contributed by atoms with Gasteiger partial charge in [0, 0.05) is 0 Å². The first-order valence-corrected chi connectivity index (χ1v) is 12.0. The summed E-state index contributed by atoms with van der Waals surface area (Å²) < 4.78 is 12.5. The monoisotopic (exact) mass is 431 g/mol. The maximum Gasteiger partial charge on any atom is 0.142 e. The summed E-state index contributed by atoms with van der Waals surface area (Å²) in [6, 6.07) is 27.2. The van der Waals surface area contributed by atoms with Crippen LogP contribution in [0.1, 0.15) is 57.1 Å². The second-order valence-electron chi connectivity index (χ2n) is 8.31. The first-order valence-electron chi connectivity index (χ1n) is 12.0. The second-order valence-corrected chi connectivity index (χ2v) is 8.31. The Morgan fingerprint density at radius 3 is 2.22 bits per heavy atom. The van der Waals surface area contributed by atoms with E-state index in [1.807, 2.05) is 18.2 Å². The van der Waals surface area contributed by atoms with E-state index < -0.39 is 0 Å². The maximum atomic E-state index is 6.42. The summed E-state index contributed by atoms with van der Waals surface area (Å²) in [6.07, 6.45) is 4.14. The van der Waals surface area contributed by atoms with Crippen molar-refractivity contribution in [2.45, 2.75) is 58.5 Å². The predicted molar refractivity (Wildman–Crippen MR) is 135 cm³/mol. The summed E-state index contributed by atoms with van der Waals surface area (Å²) in [7, 11) is 0. The third-order valence-electron chi connectivity index (χ3n) is 5.93. The smallest absolute Gasteiger partial charge is 0.142 e. The molecule has 3 aromatic carbocycles. The van der Waals surface area contributed by atoms with Gasteiger partial charge in [0.05, 0.1) is 18.8 Å². The van der Waals surface area contributed by atoms with Crippen LogP contribution in [0.25, 0.3) is 0 Å². The zero-order valence-electron chi connectivity index (χ0n) is 19.7. The Bertz CT molecular complexity index is 925. The third kappa shape index (κ3) is 7.05. The summed E-state index contributed by atoms with van der Waals surface area (Å²) in [5.74, 6) is 2.39. The first kappa shape index (κ1) is 23.7. The molecule has 0 saturated carbocycles. The lowest BCUT2D eigenvalue weighted by atomic mass is 9.98. The molecule has 3 heteroatoms. The number of ether oxygens (including phenoxy) is 2. The van der Waals surface area contributed by atoms with Crippen molar-refractivity contribution >= 4 is 5.69 Å². The van der Waals surface area contributed by atoms with E-state index in [9.17, 15) is 0 Å². The van der Waals surface area contributed by atoms with Gasteiger partial charge in [-0.2, -0.15) is 0 Å². The molecule has 2 unspecified atom stereocenters. The third-order valence-corrected chi connectivity index (χ3v) is 5.93. The SMILES string of the molecule is CCC(CNc1ccccc1OCCCc1ccccc1)Oc1ccccc1C(C)CC. The molecule has 3 rings (SSSR count). The van der Waals surface area contributed by atoms with Gasteiger partial charge < -0.3 is 14.8 Å². The van der Waals surface area contributed by atoms with E-state index in [0.717, 1.165) is 49.4 Å². The Labute approximate surface area is 193 Å². The second kappa shape index (κ2) is 12.8. The molecule has 0 radical (unpaired) electrons. The van der Waals surface area contributed by atoms with Gasteiger partial charge in [0.15, 0.2) is 0 Å². The molecule has 0 aromatic heterocycles. The van der Waals surface area contributed by atoms with Crippen LogP contribution < -0.4 is 14.8 Å². The molecule has 3 aromatic rings. The number of rotatable bonds is 13. The van der Waals surface area contributed by atoms with Crippen molar-refractivity contribution in [1.82, 2.24) is 0 Å². The molecule has 0 fully saturated rings. The highest BCUT2D eigenvalue weighted by Crippen LogP contribution is 2.30. The number of para-hydroxylation sites is 3. The molecule has 0 amide bonds. The van der Waals surface area contributed by atoms with E-state index >= 15 is 0 Å². The number of benzene rings is 3. The minimum absolute atomic E-state index is 0.0892. The number of hydrogen-bond donors (Lipinski definition) is 1. The quantitative estimate of drug-likeness (QED) is 0.285. The van der Waals surface area contributed by atoms with Crippen LogP contribution in [0, 0.1) is 0 Å². The van der Waals surface area contributed by atoms with Crippen LogP contribution in [-0.4, -0.2) is 19.3 Å². The fourth-order valence-electron chi connectivity index (χ4n) is 3.73. The van der Waals surface area contributed by atoms with Crippen molar-refractivity contribution in [3.8, 4) is 11.5 Å². The van der Waals surface area contributed by atoms with Gasteiger partial charge in [-0.3, -0.25) is 0 Å². The van der Waals surface area contributed by atoms with E-state index in [0.29, 0.717) is 12.5 Å². The van der Waals surface area contributed by atoms with Crippen molar-refractivity contribution in [2.24, 2.45) is 0 Å². The van der Waals surface area contributed by atoms with Gasteiger partial charge in [0.1, 0.15) is 17.6 Å². The number of nitrogens with one attached hydrogen (secondary N) is 1. The lowest BCUT2D eigenvalue weighted by Gasteiger charge is -2.23. The number of hydrogen-bond acceptors (Lipinski definition) is 3. The van der Waals surface area contributed by atoms with Gasteiger partial charge >= 0.3 is 0 Å². The topological polar surface area (TPSA) is 30.5 Å². The Hall–Kier alpha value is -2.94. The average molecular weight is 432 g/mol. The standard InChI is InChI=1S/C29H37NO2/c1-4-23(3)26-17-9-11-19-28(26)32-25(5-2)22-30-27-18-10-12-20-29(27)31-21-13-16-24-14-7-6-8-15-24/h6-12,14-15,17-20,23,25,30H,4-5,13,16,21-22H2,1-3H3. The van der Waals surface area contributed by atoms with Gasteiger partial charge in [-0.1, -0.05) is 81.4 Å². The van der Waals surface area contributed by atoms with Crippen LogP contribution in [0.3, 0.4) is 0 Å². The van der Waals surface area contributed by atoms with Crippen molar-refractivity contribution in [1.29, 1.82) is 0 Å². The van der Waals surface area contributed by atoms with E-state index in [4.69, 9.17) is 9.47 Å². The van der Waals surface area contributed by atoms with E-state index in [1.165, 1.54) is 11.1 Å². The lowest BCUT2D eigenvalue weighted by Crippen LogP contribution is -2.26. The first-order chi connectivity index (χ1) is 15.7. The number of aryl methyl sites for hydroxylation is 1. The zero-order chi connectivity index (χ0) is 22.6. The Balaban J connectivity index is 1.54. The van der Waals surface area contributed by atoms with Crippen molar-refractivity contribution in [3.63, 3.8) is 0 Å². The normalized spacial score (nSPS) is 12.7. The fraction of sp³-hybridized carbons (Fsp3) is 0.379. The van der Waals surface area contributed by atoms with Crippen molar-refractivity contribution < 1.29 is 9.47 Å². The molecule has 0 spiro atoms. The Morgan fingerprint density at radius 2 is 1.47 bits per heavy atom. The van der Waals surface area contributed by atoms with Gasteiger partial charge in [0.25, 0.3) is 0 Å². The van der Waals surface area contributed by atoms with E-state index in [1.54, 1.807) is 0 Å². The van der Waals surface area contributed by atoms with Crippen LogP contribution in [-0.2, 0) is 6.42 Å². The van der Waals surface area contributed by atoms with Crippen LogP contribution in [0.4, 0.5) is 5.69 Å². The molecule has 1 N–H and O–H groups in total. The molecule has 170 valence electrons. The highest BCUT2D eigenvalue weighted by molar-refractivity contribution is 5.56. The van der Waals surface area contributed by atoms with Crippen LogP contribution in [0.15, 0.2) is 78.9 Å². The molecule has 0 aliphatic rings. The van der Waals surface area contributed by atoms with E-state index in [-0.39, 0.29) is 6.10 Å². The molecule has 3 nitrogen and oxygen atoms in total. The molecular formula is C29H37NO2. The summed E-state index contributed by atoms with van der Waals surface area (Å²) in [5, 5.41) is 3.56. The van der Waals surface area contributed by atoms with Gasteiger partial charge in [-0.05, 0) is 60.9 Å². The lowest BCUT2D eigenvalue weighted by molar-refractivity contribution is 0.207. The maximum absolute atomic E-state index is 6.42. The number of anilines is 1. The Kier molecular flexibility index (Phi) is 9.49. The summed E-state index contributed by atoms with van der Waals surface area (Å²) in [6.45, 7) is 8.08. The van der Waals surface area contributed by atoms with Gasteiger partial charge in [-0.15, -0.1) is 0 Å². The molecule has 0 saturated heterocycles. The highest BCUT2D eigenvalue weighted by Gasteiger charge is 2.15. The zero-order valence-corrected chi connectivity index (χ0v) is 19.7. The highest BCUT2D eigenvalue weighted by atomic mass is 16.5.